The van der Waals surface area contributed by atoms with Crippen LogP contribution in [0.2, 0.25) is 0 Å². The Morgan fingerprint density at radius 1 is 1.36 bits per heavy atom. The van der Waals surface area contributed by atoms with E-state index in [1.165, 1.54) is 32.1 Å². The molecule has 2 heteroatoms. The number of aliphatic hydroxyl groups is 1. The fraction of sp³-hybridized carbons (Fsp3) is 1.00. The number of nitrogens with zero attached hydrogens (tertiary/aromatic N) is 1. The first-order chi connectivity index (χ1) is 6.70. The molecule has 0 radical (unpaired) electrons. The average molecular weight is 199 g/mol. The van der Waals surface area contributed by atoms with Crippen molar-refractivity contribution in [2.75, 3.05) is 7.05 Å². The van der Waals surface area contributed by atoms with Crippen LogP contribution in [0, 0.1) is 5.92 Å². The fourth-order valence-electron chi connectivity index (χ4n) is 2.77. The fourth-order valence-corrected chi connectivity index (χ4v) is 2.77. The molecule has 84 valence electrons. The van der Waals surface area contributed by atoms with E-state index in [1.807, 2.05) is 6.92 Å². The summed E-state index contributed by atoms with van der Waals surface area (Å²) in [5.74, 6) is 0.825. The molecule has 0 amide bonds. The number of rotatable bonds is 5. The van der Waals surface area contributed by atoms with Gasteiger partial charge in [-0.15, -0.1) is 0 Å². The monoisotopic (exact) mass is 199 g/mol. The molecule has 0 aromatic rings. The van der Waals surface area contributed by atoms with Gasteiger partial charge in [-0.05, 0) is 38.6 Å². The van der Waals surface area contributed by atoms with Gasteiger partial charge in [0, 0.05) is 6.04 Å². The zero-order valence-electron chi connectivity index (χ0n) is 9.87. The van der Waals surface area contributed by atoms with Gasteiger partial charge in [0.1, 0.15) is 6.23 Å². The Morgan fingerprint density at radius 3 is 2.64 bits per heavy atom. The predicted octanol–water partition coefficient (Wildman–Crippen LogP) is 2.62. The zero-order chi connectivity index (χ0) is 10.6. The van der Waals surface area contributed by atoms with Crippen molar-refractivity contribution >= 4 is 0 Å². The lowest BCUT2D eigenvalue weighted by atomic mass is 9.97. The molecule has 3 unspecified atom stereocenters. The van der Waals surface area contributed by atoms with E-state index in [-0.39, 0.29) is 6.23 Å². The van der Waals surface area contributed by atoms with E-state index in [4.69, 9.17) is 0 Å². The SMILES string of the molecule is CCCC1CCCC1N(C)C(O)CC. The van der Waals surface area contributed by atoms with E-state index < -0.39 is 0 Å². The lowest BCUT2D eigenvalue weighted by Crippen LogP contribution is -2.41. The van der Waals surface area contributed by atoms with Crippen LogP contribution < -0.4 is 0 Å². The second-order valence-corrected chi connectivity index (χ2v) is 4.60. The maximum Gasteiger partial charge on any atom is 0.107 e. The van der Waals surface area contributed by atoms with Crippen molar-refractivity contribution in [3.8, 4) is 0 Å². The van der Waals surface area contributed by atoms with Crippen LogP contribution in [-0.4, -0.2) is 29.3 Å². The third-order valence-electron chi connectivity index (χ3n) is 3.64. The third kappa shape index (κ3) is 2.71. The largest absolute Gasteiger partial charge is 0.378 e. The smallest absolute Gasteiger partial charge is 0.107 e. The summed E-state index contributed by atoms with van der Waals surface area (Å²) >= 11 is 0. The highest BCUT2D eigenvalue weighted by molar-refractivity contribution is 4.84. The van der Waals surface area contributed by atoms with Gasteiger partial charge in [-0.25, -0.2) is 0 Å². The molecule has 0 aliphatic heterocycles. The summed E-state index contributed by atoms with van der Waals surface area (Å²) in [6.45, 7) is 4.30. The summed E-state index contributed by atoms with van der Waals surface area (Å²) in [6.07, 6.45) is 7.18. The molecule has 1 fully saturated rings. The van der Waals surface area contributed by atoms with Crippen LogP contribution in [0.1, 0.15) is 52.4 Å². The Bertz CT molecular complexity index is 160. The zero-order valence-corrected chi connectivity index (χ0v) is 9.87. The number of aliphatic hydroxyl groups excluding tert-OH is 1. The molecule has 0 saturated heterocycles. The number of hydrogen-bond acceptors (Lipinski definition) is 2. The van der Waals surface area contributed by atoms with Crippen molar-refractivity contribution in [2.45, 2.75) is 64.6 Å². The first-order valence-electron chi connectivity index (χ1n) is 6.10. The molecule has 3 atom stereocenters. The average Bonchev–Trinajstić information content (AvgIpc) is 2.64. The summed E-state index contributed by atoms with van der Waals surface area (Å²) < 4.78 is 0. The summed E-state index contributed by atoms with van der Waals surface area (Å²) in [7, 11) is 2.08. The van der Waals surface area contributed by atoms with Crippen LogP contribution in [0.15, 0.2) is 0 Å². The van der Waals surface area contributed by atoms with Crippen LogP contribution in [0.4, 0.5) is 0 Å². The molecule has 1 rings (SSSR count). The molecular weight excluding hydrogens is 174 g/mol. The molecule has 0 bridgehead atoms. The van der Waals surface area contributed by atoms with Gasteiger partial charge in [-0.3, -0.25) is 4.90 Å². The summed E-state index contributed by atoms with van der Waals surface area (Å²) in [5.41, 5.74) is 0. The van der Waals surface area contributed by atoms with Crippen molar-refractivity contribution in [3.63, 3.8) is 0 Å². The summed E-state index contributed by atoms with van der Waals surface area (Å²) in [6, 6.07) is 0.630. The molecule has 0 spiro atoms. The van der Waals surface area contributed by atoms with Gasteiger partial charge in [0.2, 0.25) is 0 Å². The lowest BCUT2D eigenvalue weighted by Gasteiger charge is -2.33. The Labute approximate surface area is 88.3 Å². The minimum atomic E-state index is -0.238. The molecule has 2 nitrogen and oxygen atoms in total. The van der Waals surface area contributed by atoms with E-state index in [9.17, 15) is 5.11 Å². The molecule has 1 saturated carbocycles. The van der Waals surface area contributed by atoms with Crippen molar-refractivity contribution in [3.05, 3.63) is 0 Å². The van der Waals surface area contributed by atoms with E-state index >= 15 is 0 Å². The van der Waals surface area contributed by atoms with Crippen molar-refractivity contribution < 1.29 is 5.11 Å². The Balaban J connectivity index is 2.48. The number of hydrogen-bond donors (Lipinski definition) is 1. The molecule has 1 N–H and O–H groups in total. The van der Waals surface area contributed by atoms with E-state index in [0.717, 1.165) is 12.3 Å². The maximum atomic E-state index is 9.80. The van der Waals surface area contributed by atoms with Crippen LogP contribution in [0.25, 0.3) is 0 Å². The topological polar surface area (TPSA) is 23.5 Å². The second kappa shape index (κ2) is 5.72. The maximum absolute atomic E-state index is 9.80. The highest BCUT2D eigenvalue weighted by atomic mass is 16.3. The van der Waals surface area contributed by atoms with E-state index in [2.05, 4.69) is 18.9 Å². The Kier molecular flexibility index (Phi) is 4.90. The van der Waals surface area contributed by atoms with Gasteiger partial charge in [-0.2, -0.15) is 0 Å². The van der Waals surface area contributed by atoms with E-state index in [1.54, 1.807) is 0 Å². The molecular formula is C12H25NO. The van der Waals surface area contributed by atoms with Crippen LogP contribution in [0.5, 0.6) is 0 Å². The first kappa shape index (κ1) is 12.0. The highest BCUT2D eigenvalue weighted by Crippen LogP contribution is 2.33. The quantitative estimate of drug-likeness (QED) is 0.688. The normalized spacial score (nSPS) is 29.8. The van der Waals surface area contributed by atoms with Gasteiger partial charge >= 0.3 is 0 Å². The molecule has 1 aliphatic carbocycles. The Morgan fingerprint density at radius 2 is 2.07 bits per heavy atom. The predicted molar refractivity (Wildman–Crippen MR) is 60.1 cm³/mol. The van der Waals surface area contributed by atoms with Gasteiger partial charge in [-0.1, -0.05) is 26.7 Å². The molecule has 1 aliphatic rings. The van der Waals surface area contributed by atoms with E-state index in [0.29, 0.717) is 6.04 Å². The van der Waals surface area contributed by atoms with Crippen molar-refractivity contribution in [1.82, 2.24) is 4.90 Å². The molecule has 0 aromatic heterocycles. The van der Waals surface area contributed by atoms with Gasteiger partial charge in [0.25, 0.3) is 0 Å². The first-order valence-corrected chi connectivity index (χ1v) is 6.10. The van der Waals surface area contributed by atoms with Gasteiger partial charge < -0.3 is 5.11 Å². The Hall–Kier alpha value is -0.0800. The summed E-state index contributed by atoms with van der Waals surface area (Å²) in [5, 5.41) is 9.80. The van der Waals surface area contributed by atoms with Crippen LogP contribution in [0.3, 0.4) is 0 Å². The van der Waals surface area contributed by atoms with Crippen molar-refractivity contribution in [2.24, 2.45) is 5.92 Å². The van der Waals surface area contributed by atoms with Gasteiger partial charge in [0.05, 0.1) is 0 Å². The minimum Gasteiger partial charge on any atom is -0.378 e. The minimum absolute atomic E-state index is 0.238. The molecule has 14 heavy (non-hydrogen) atoms. The summed E-state index contributed by atoms with van der Waals surface area (Å²) in [4.78, 5) is 2.19. The standard InChI is InChI=1S/C12H25NO/c1-4-7-10-8-6-9-11(10)13(3)12(14)5-2/h10-12,14H,4-9H2,1-3H3. The van der Waals surface area contributed by atoms with Gasteiger partial charge in [0.15, 0.2) is 0 Å². The van der Waals surface area contributed by atoms with Crippen LogP contribution in [-0.2, 0) is 0 Å². The third-order valence-corrected chi connectivity index (χ3v) is 3.64. The lowest BCUT2D eigenvalue weighted by molar-refractivity contribution is -0.0191. The molecule has 0 heterocycles. The highest BCUT2D eigenvalue weighted by Gasteiger charge is 2.31. The van der Waals surface area contributed by atoms with Crippen molar-refractivity contribution in [1.29, 1.82) is 0 Å². The van der Waals surface area contributed by atoms with Crippen LogP contribution >= 0.6 is 0 Å². The molecule has 0 aromatic carbocycles. The second-order valence-electron chi connectivity index (χ2n) is 4.60.